The summed E-state index contributed by atoms with van der Waals surface area (Å²) >= 11 is 0. The van der Waals surface area contributed by atoms with E-state index in [4.69, 9.17) is 0 Å². The number of anilines is 1. The first-order valence-electron chi connectivity index (χ1n) is 8.72. The molecule has 27 heavy (non-hydrogen) atoms. The third-order valence-corrected chi connectivity index (χ3v) is 5.18. The average molecular weight is 376 g/mol. The van der Waals surface area contributed by atoms with E-state index in [9.17, 15) is 13.2 Å². The molecule has 0 N–H and O–H groups in total. The molecule has 4 rings (SSSR count). The minimum atomic E-state index is -4.60. The average Bonchev–Trinajstić information content (AvgIpc) is 3.24. The molecule has 1 aliphatic heterocycles. The van der Waals surface area contributed by atoms with Crippen molar-refractivity contribution in [2.75, 3.05) is 18.0 Å². The Bertz CT molecular complexity index is 1010. The van der Waals surface area contributed by atoms with Gasteiger partial charge in [0.25, 0.3) is 5.82 Å². The van der Waals surface area contributed by atoms with Crippen LogP contribution in [0, 0.1) is 20.8 Å². The number of aryl methyl sites for hydroxylation is 2. The van der Waals surface area contributed by atoms with Crippen LogP contribution >= 0.6 is 0 Å². The van der Waals surface area contributed by atoms with Crippen molar-refractivity contribution >= 4 is 11.5 Å². The molecule has 9 heteroatoms. The van der Waals surface area contributed by atoms with Gasteiger partial charge in [0.15, 0.2) is 11.5 Å². The lowest BCUT2D eigenvalue weighted by atomic mass is 9.99. The standard InChI is InChI=1S/C18H19F3N6/c1-10-6-14(8-22-7-10)13-4-5-26(9-13)16-12(3)11(2)15-23-24-17(18(19,20)21)27(15)25-16/h6-8,13H,4-5,9H2,1-3H3. The normalized spacial score (nSPS) is 17.9. The number of halogens is 3. The number of rotatable bonds is 2. The largest absolute Gasteiger partial charge is 0.453 e. The van der Waals surface area contributed by atoms with Crippen LogP contribution in [0.25, 0.3) is 5.65 Å². The number of nitrogens with zero attached hydrogens (tertiary/aromatic N) is 6. The maximum absolute atomic E-state index is 13.2. The Morgan fingerprint density at radius 2 is 1.85 bits per heavy atom. The van der Waals surface area contributed by atoms with Gasteiger partial charge in [0.2, 0.25) is 0 Å². The van der Waals surface area contributed by atoms with Gasteiger partial charge in [0, 0.05) is 42.5 Å². The molecule has 6 nitrogen and oxygen atoms in total. The van der Waals surface area contributed by atoms with E-state index in [1.165, 1.54) is 0 Å². The highest BCUT2D eigenvalue weighted by molar-refractivity contribution is 5.60. The molecule has 1 atom stereocenters. The Morgan fingerprint density at radius 3 is 2.56 bits per heavy atom. The van der Waals surface area contributed by atoms with Crippen molar-refractivity contribution in [1.29, 1.82) is 0 Å². The van der Waals surface area contributed by atoms with Gasteiger partial charge in [0.1, 0.15) is 0 Å². The SMILES string of the molecule is Cc1cncc(C2CCN(c3nn4c(C(F)(F)F)nnc4c(C)c3C)C2)c1. The lowest BCUT2D eigenvalue weighted by Gasteiger charge is -2.21. The van der Waals surface area contributed by atoms with Crippen LogP contribution < -0.4 is 4.90 Å². The summed E-state index contributed by atoms with van der Waals surface area (Å²) < 4.78 is 40.5. The smallest absolute Gasteiger partial charge is 0.354 e. The highest BCUT2D eigenvalue weighted by Gasteiger charge is 2.38. The Morgan fingerprint density at radius 1 is 1.07 bits per heavy atom. The minimum absolute atomic E-state index is 0.141. The second-order valence-corrected chi connectivity index (χ2v) is 7.06. The molecule has 1 fully saturated rings. The van der Waals surface area contributed by atoms with Gasteiger partial charge >= 0.3 is 6.18 Å². The summed E-state index contributed by atoms with van der Waals surface area (Å²) in [6.45, 7) is 7.02. The van der Waals surface area contributed by atoms with Crippen LogP contribution in [0.3, 0.4) is 0 Å². The van der Waals surface area contributed by atoms with Crippen molar-refractivity contribution in [1.82, 2.24) is 24.8 Å². The molecule has 4 heterocycles. The van der Waals surface area contributed by atoms with Gasteiger partial charge in [-0.25, -0.2) is 0 Å². The fourth-order valence-corrected chi connectivity index (χ4v) is 3.62. The van der Waals surface area contributed by atoms with E-state index in [1.54, 1.807) is 6.92 Å². The maximum Gasteiger partial charge on any atom is 0.453 e. The Kier molecular flexibility index (Phi) is 4.05. The Balaban J connectivity index is 1.73. The van der Waals surface area contributed by atoms with Crippen LogP contribution in [0.5, 0.6) is 0 Å². The molecule has 0 aromatic carbocycles. The van der Waals surface area contributed by atoms with Crippen LogP contribution in [-0.4, -0.2) is 37.9 Å². The van der Waals surface area contributed by atoms with Crippen molar-refractivity contribution in [3.63, 3.8) is 0 Å². The lowest BCUT2D eigenvalue weighted by Crippen LogP contribution is -2.24. The van der Waals surface area contributed by atoms with E-state index >= 15 is 0 Å². The molecule has 3 aromatic heterocycles. The van der Waals surface area contributed by atoms with Crippen molar-refractivity contribution < 1.29 is 13.2 Å². The molecule has 1 unspecified atom stereocenters. The first-order chi connectivity index (χ1) is 12.8. The highest BCUT2D eigenvalue weighted by Crippen LogP contribution is 2.34. The molecule has 0 spiro atoms. The minimum Gasteiger partial charge on any atom is -0.354 e. The third kappa shape index (κ3) is 3.00. The number of fused-ring (bicyclic) bond motifs is 1. The van der Waals surface area contributed by atoms with Crippen molar-refractivity contribution in [3.05, 3.63) is 46.5 Å². The third-order valence-electron chi connectivity index (χ3n) is 5.18. The fraction of sp³-hybridized carbons (Fsp3) is 0.444. The summed E-state index contributed by atoms with van der Waals surface area (Å²) in [5, 5.41) is 11.3. The summed E-state index contributed by atoms with van der Waals surface area (Å²) in [5.41, 5.74) is 3.86. The second-order valence-electron chi connectivity index (χ2n) is 7.06. The fourth-order valence-electron chi connectivity index (χ4n) is 3.62. The molecule has 3 aromatic rings. The van der Waals surface area contributed by atoms with Gasteiger partial charge in [-0.3, -0.25) is 4.98 Å². The van der Waals surface area contributed by atoms with E-state index in [2.05, 4.69) is 26.3 Å². The number of pyridine rings is 1. The van der Waals surface area contributed by atoms with Gasteiger partial charge in [-0.15, -0.1) is 15.3 Å². The monoisotopic (exact) mass is 376 g/mol. The molecule has 0 bridgehead atoms. The maximum atomic E-state index is 13.2. The van der Waals surface area contributed by atoms with Crippen molar-refractivity contribution in [2.24, 2.45) is 0 Å². The topological polar surface area (TPSA) is 59.2 Å². The first-order valence-corrected chi connectivity index (χ1v) is 8.72. The van der Waals surface area contributed by atoms with E-state index < -0.39 is 12.0 Å². The second kappa shape index (κ2) is 6.17. The summed E-state index contributed by atoms with van der Waals surface area (Å²) in [6, 6.07) is 2.11. The van der Waals surface area contributed by atoms with Crippen LogP contribution in [0.4, 0.5) is 19.0 Å². The van der Waals surface area contributed by atoms with Gasteiger partial charge in [-0.2, -0.15) is 17.7 Å². The predicted octanol–water partition coefficient (Wildman–Crippen LogP) is 3.46. The summed E-state index contributed by atoms with van der Waals surface area (Å²) in [4.78, 5) is 6.29. The molecule has 0 radical (unpaired) electrons. The van der Waals surface area contributed by atoms with Gasteiger partial charge < -0.3 is 4.90 Å². The summed E-state index contributed by atoms with van der Waals surface area (Å²) in [7, 11) is 0. The molecular weight excluding hydrogens is 357 g/mol. The molecule has 0 aliphatic carbocycles. The number of hydrogen-bond donors (Lipinski definition) is 0. The number of hydrogen-bond acceptors (Lipinski definition) is 5. The molecule has 1 saturated heterocycles. The van der Waals surface area contributed by atoms with Crippen LogP contribution in [0.15, 0.2) is 18.5 Å². The van der Waals surface area contributed by atoms with Crippen LogP contribution in [-0.2, 0) is 6.18 Å². The van der Waals surface area contributed by atoms with Gasteiger partial charge in [0.05, 0.1) is 0 Å². The Hall–Kier alpha value is -2.71. The lowest BCUT2D eigenvalue weighted by molar-refractivity contribution is -0.146. The predicted molar refractivity (Wildman–Crippen MR) is 93.8 cm³/mol. The van der Waals surface area contributed by atoms with E-state index in [0.717, 1.165) is 34.2 Å². The van der Waals surface area contributed by atoms with Crippen LogP contribution in [0.2, 0.25) is 0 Å². The van der Waals surface area contributed by atoms with Crippen LogP contribution in [0.1, 0.15) is 40.4 Å². The van der Waals surface area contributed by atoms with Crippen molar-refractivity contribution in [3.8, 4) is 0 Å². The number of aromatic nitrogens is 5. The number of alkyl halides is 3. The van der Waals surface area contributed by atoms with Gasteiger partial charge in [-0.05, 0) is 38.3 Å². The zero-order valence-corrected chi connectivity index (χ0v) is 15.2. The molecule has 0 saturated carbocycles. The molecule has 142 valence electrons. The van der Waals surface area contributed by atoms with Gasteiger partial charge in [-0.1, -0.05) is 6.07 Å². The van der Waals surface area contributed by atoms with E-state index in [0.29, 0.717) is 17.9 Å². The summed E-state index contributed by atoms with van der Waals surface area (Å²) in [6.07, 6.45) is -0.0365. The quantitative estimate of drug-likeness (QED) is 0.686. The molecule has 0 amide bonds. The van der Waals surface area contributed by atoms with E-state index in [1.807, 2.05) is 31.1 Å². The zero-order valence-electron chi connectivity index (χ0n) is 15.2. The molecule has 1 aliphatic rings. The first kappa shape index (κ1) is 17.7. The Labute approximate surface area is 154 Å². The van der Waals surface area contributed by atoms with E-state index in [-0.39, 0.29) is 11.6 Å². The van der Waals surface area contributed by atoms with Crippen molar-refractivity contribution in [2.45, 2.75) is 39.3 Å². The summed E-state index contributed by atoms with van der Waals surface area (Å²) in [5.74, 6) is -0.272. The zero-order chi connectivity index (χ0) is 19.3. The molecular formula is C18H19F3N6. The highest BCUT2D eigenvalue weighted by atomic mass is 19.4.